The van der Waals surface area contributed by atoms with Gasteiger partial charge >= 0.3 is 103 Å². The first kappa shape index (κ1) is 38.1. The molecular formula is C19H33F4IK2N2O5. The third-order valence-corrected chi connectivity index (χ3v) is 6.93. The summed E-state index contributed by atoms with van der Waals surface area (Å²) in [6.07, 6.45) is 2.74. The Morgan fingerprint density at radius 2 is 1.64 bits per heavy atom. The molecule has 0 spiro atoms. The van der Waals surface area contributed by atoms with Gasteiger partial charge in [-0.1, -0.05) is 22.6 Å². The van der Waals surface area contributed by atoms with E-state index >= 15 is 0 Å². The molecule has 33 heavy (non-hydrogen) atoms. The van der Waals surface area contributed by atoms with Gasteiger partial charge in [0.1, 0.15) is 0 Å². The Kier molecular flexibility index (Phi) is 25.3. The second-order valence-corrected chi connectivity index (χ2v) is 8.91. The second-order valence-electron chi connectivity index (χ2n) is 8.03. The summed E-state index contributed by atoms with van der Waals surface area (Å²) >= 11 is 1.63. The van der Waals surface area contributed by atoms with Crippen molar-refractivity contribution in [2.45, 2.75) is 75.5 Å². The van der Waals surface area contributed by atoms with E-state index in [1.54, 1.807) is 27.5 Å². The number of hydrogen-bond acceptors (Lipinski definition) is 7. The van der Waals surface area contributed by atoms with Crippen molar-refractivity contribution < 1.29 is 147 Å². The Balaban J connectivity index is -0.000000404. The normalized spacial score (nSPS) is 30.7. The van der Waals surface area contributed by atoms with Crippen molar-refractivity contribution in [3.63, 3.8) is 0 Å². The molecule has 0 radical (unpaired) electrons. The van der Waals surface area contributed by atoms with Crippen molar-refractivity contribution in [3.8, 4) is 0 Å². The summed E-state index contributed by atoms with van der Waals surface area (Å²) in [5.41, 5.74) is 0. The molecule has 7 nitrogen and oxygen atoms in total. The SMILES string of the molecule is FC(F)CI.O=CO[O-].OC[C@@H]1N[C@H]2CC[C@@H]1C2.OC[C@H]1[C@@H]2CC[C@@H](C2)N1CC(F)F.[H-].[K+].[K+]. The van der Waals surface area contributed by atoms with Gasteiger partial charge in [0.2, 0.25) is 6.43 Å². The van der Waals surface area contributed by atoms with Crippen LogP contribution in [0.2, 0.25) is 0 Å². The molecule has 4 rings (SSSR count). The molecule has 14 heteroatoms. The number of alkyl halides is 5. The number of halogens is 5. The predicted molar refractivity (Wildman–Crippen MR) is 113 cm³/mol. The van der Waals surface area contributed by atoms with E-state index in [1.807, 2.05) is 0 Å². The molecule has 0 amide bonds. The summed E-state index contributed by atoms with van der Waals surface area (Å²) in [7, 11) is 0. The Morgan fingerprint density at radius 3 is 1.97 bits per heavy atom. The van der Waals surface area contributed by atoms with E-state index in [4.69, 9.17) is 20.3 Å². The quantitative estimate of drug-likeness (QED) is 0.0507. The van der Waals surface area contributed by atoms with Crippen molar-refractivity contribution in [1.82, 2.24) is 10.2 Å². The zero-order chi connectivity index (χ0) is 23.4. The number of nitrogens with one attached hydrogen (secondary N) is 1. The summed E-state index contributed by atoms with van der Waals surface area (Å²) in [6.45, 7) is 0.0292. The maximum atomic E-state index is 12.2. The zero-order valence-corrected chi connectivity index (χ0v) is 27.6. The summed E-state index contributed by atoms with van der Waals surface area (Å²) in [6, 6.07) is 1.50. The Bertz CT molecular complexity index is 516. The fourth-order valence-corrected chi connectivity index (χ4v) is 5.06. The van der Waals surface area contributed by atoms with Crippen LogP contribution >= 0.6 is 22.6 Å². The van der Waals surface area contributed by atoms with Gasteiger partial charge in [0.25, 0.3) is 12.9 Å². The Morgan fingerprint density at radius 1 is 1.06 bits per heavy atom. The average molecular weight is 651 g/mol. The zero-order valence-electron chi connectivity index (χ0n) is 20.2. The molecule has 4 fully saturated rings. The topological polar surface area (TPSA) is 105 Å². The van der Waals surface area contributed by atoms with Crippen LogP contribution < -0.4 is 113 Å². The van der Waals surface area contributed by atoms with Crippen LogP contribution in [0.25, 0.3) is 0 Å². The second kappa shape index (κ2) is 21.9. The molecule has 3 N–H and O–H groups in total. The van der Waals surface area contributed by atoms with Crippen LogP contribution in [0.5, 0.6) is 0 Å². The van der Waals surface area contributed by atoms with Gasteiger partial charge < -0.3 is 27.1 Å². The number of fused-ring (bicyclic) bond motifs is 4. The molecule has 2 aliphatic carbocycles. The monoisotopic (exact) mass is 650 g/mol. The third kappa shape index (κ3) is 14.1. The minimum atomic E-state index is -2.27. The van der Waals surface area contributed by atoms with Crippen LogP contribution in [-0.4, -0.2) is 82.8 Å². The number of rotatable bonds is 6. The van der Waals surface area contributed by atoms with Crippen LogP contribution in [0.3, 0.4) is 0 Å². The minimum Gasteiger partial charge on any atom is -1.00 e. The van der Waals surface area contributed by atoms with Gasteiger partial charge in [-0.15, -0.1) is 0 Å². The summed E-state index contributed by atoms with van der Waals surface area (Å²) < 4.78 is 45.9. The van der Waals surface area contributed by atoms with E-state index < -0.39 is 12.9 Å². The van der Waals surface area contributed by atoms with Crippen LogP contribution in [0.4, 0.5) is 17.6 Å². The van der Waals surface area contributed by atoms with Gasteiger partial charge in [0.05, 0.1) is 24.2 Å². The molecule has 2 heterocycles. The third-order valence-electron chi connectivity index (χ3n) is 6.27. The van der Waals surface area contributed by atoms with Gasteiger partial charge in [0.15, 0.2) is 0 Å². The number of aliphatic hydroxyl groups excluding tert-OH is 2. The van der Waals surface area contributed by atoms with Crippen molar-refractivity contribution in [2.24, 2.45) is 11.8 Å². The largest absolute Gasteiger partial charge is 1.00 e. The number of likely N-dealkylation sites (tertiary alicyclic amines) is 1. The molecule has 0 aromatic heterocycles. The van der Waals surface area contributed by atoms with E-state index in [-0.39, 0.29) is 134 Å². The van der Waals surface area contributed by atoms with Crippen LogP contribution in [0, 0.1) is 11.8 Å². The fraction of sp³-hybridized carbons (Fsp3) is 0.947. The summed E-state index contributed by atoms with van der Waals surface area (Å²) in [4.78, 5) is 13.1. The standard InChI is InChI=1S/C9H15F2NO.C7H13NO.C2H3F2I.CH2O3.2K.H/c10-9(11)4-12-7-2-1-6(3-7)8(12)5-13;9-4-7-5-1-2-6(3-5)8-7;3-2(4)1-5;2-1-4-3;;;/h6-9,13H,1-5H2;5-9H,1-4H2;2H,1H2;1,3H;;;/q;;;;2*+1;-1/p-1/t6-,7+,8+;5-,6+,7+;;;;;/m11...../s1. The van der Waals surface area contributed by atoms with Crippen molar-refractivity contribution in [3.05, 3.63) is 0 Å². The average Bonchev–Trinajstić information content (AvgIpc) is 3.55. The number of carbonyl (C=O) groups is 1. The summed E-state index contributed by atoms with van der Waals surface area (Å²) in [5.74, 6) is 1.26. The van der Waals surface area contributed by atoms with Crippen molar-refractivity contribution in [1.29, 1.82) is 0 Å². The van der Waals surface area contributed by atoms with Crippen molar-refractivity contribution >= 4 is 29.1 Å². The van der Waals surface area contributed by atoms with Gasteiger partial charge in [-0.05, 0) is 50.4 Å². The number of piperidine rings is 2. The van der Waals surface area contributed by atoms with E-state index in [9.17, 15) is 17.6 Å². The number of hydrogen-bond donors (Lipinski definition) is 3. The first-order valence-corrected chi connectivity index (χ1v) is 11.9. The smallest absolute Gasteiger partial charge is 1.00 e. The molecule has 0 aromatic carbocycles. The molecule has 4 bridgehead atoms. The molecule has 6 atom stereocenters. The Labute approximate surface area is 292 Å². The predicted octanol–water partition coefficient (Wildman–Crippen LogP) is -4.54. The molecule has 2 aliphatic heterocycles. The molecule has 186 valence electrons. The number of nitrogens with zero attached hydrogens (tertiary/aromatic N) is 1. The van der Waals surface area contributed by atoms with Gasteiger partial charge in [-0.2, -0.15) is 0 Å². The first-order valence-electron chi connectivity index (χ1n) is 10.4. The van der Waals surface area contributed by atoms with E-state index in [0.717, 1.165) is 31.2 Å². The molecule has 0 unspecified atom stereocenters. The van der Waals surface area contributed by atoms with Gasteiger partial charge in [0, 0.05) is 24.2 Å². The van der Waals surface area contributed by atoms with Gasteiger partial charge in [-0.25, -0.2) is 17.6 Å². The number of aliphatic hydroxyl groups is 2. The van der Waals surface area contributed by atoms with Crippen LogP contribution in [-0.2, 0) is 9.68 Å². The van der Waals surface area contributed by atoms with Crippen molar-refractivity contribution in [2.75, 3.05) is 24.2 Å². The fourth-order valence-electron chi connectivity index (χ4n) is 5.06. The van der Waals surface area contributed by atoms with Crippen LogP contribution in [0.1, 0.15) is 40.0 Å². The van der Waals surface area contributed by atoms with E-state index in [1.165, 1.54) is 19.3 Å². The molecule has 2 saturated heterocycles. The molecule has 2 saturated carbocycles. The van der Waals surface area contributed by atoms with E-state index in [2.05, 4.69) is 10.2 Å². The molecular weight excluding hydrogens is 617 g/mol. The number of carbonyl (C=O) groups excluding carboxylic acids is 1. The van der Waals surface area contributed by atoms with Crippen LogP contribution in [0.15, 0.2) is 0 Å². The molecule has 0 aromatic rings. The minimum absolute atomic E-state index is 0. The first-order chi connectivity index (χ1) is 14.8. The molecule has 4 aliphatic rings. The van der Waals surface area contributed by atoms with Gasteiger partial charge in [-0.3, -0.25) is 9.69 Å². The maximum Gasteiger partial charge on any atom is 1.00 e. The van der Waals surface area contributed by atoms with E-state index in [0.29, 0.717) is 24.6 Å². The summed E-state index contributed by atoms with van der Waals surface area (Å²) in [5, 5.41) is 29.7. The Hall–Kier alpha value is 2.99. The maximum absolute atomic E-state index is 12.2.